The number of benzene rings is 2. The molecular weight excluding hydrogens is 336 g/mol. The van der Waals surface area contributed by atoms with Crippen molar-refractivity contribution >= 4 is 21.9 Å². The second kappa shape index (κ2) is 7.83. The Morgan fingerprint density at radius 1 is 0.889 bits per heavy atom. The Balaban J connectivity index is 2.32. The number of methoxy groups -OCH3 is 1. The molecule has 2 aromatic carbocycles. The smallest absolute Gasteiger partial charge is 0.204 e. The number of fused-ring (bicyclic) bond motifs is 2. The van der Waals surface area contributed by atoms with Gasteiger partial charge in [0.25, 0.3) is 0 Å². The first-order valence-corrected chi connectivity index (χ1v) is 9.23. The number of rotatable bonds is 5. The third-order valence-electron chi connectivity index (χ3n) is 4.65. The van der Waals surface area contributed by atoms with Crippen molar-refractivity contribution in [3.05, 3.63) is 75.0 Å². The van der Waals surface area contributed by atoms with Crippen LogP contribution in [0.5, 0.6) is 5.75 Å². The molecule has 3 nitrogen and oxygen atoms in total. The zero-order chi connectivity index (χ0) is 19.6. The van der Waals surface area contributed by atoms with Gasteiger partial charge >= 0.3 is 0 Å². The highest BCUT2D eigenvalue weighted by atomic mass is 16.5. The summed E-state index contributed by atoms with van der Waals surface area (Å²) in [7, 11) is 1.61. The summed E-state index contributed by atoms with van der Waals surface area (Å²) in [6.45, 7) is 8.24. The summed E-state index contributed by atoms with van der Waals surface area (Å²) in [5.74, 6) is 0.609. The van der Waals surface area contributed by atoms with Crippen molar-refractivity contribution in [1.82, 2.24) is 0 Å². The fraction of sp³-hybridized carbons (Fsp3) is 0.292. The van der Waals surface area contributed by atoms with E-state index in [1.54, 1.807) is 7.11 Å². The van der Waals surface area contributed by atoms with E-state index in [9.17, 15) is 4.79 Å². The van der Waals surface area contributed by atoms with Crippen LogP contribution in [0, 0.1) is 0 Å². The summed E-state index contributed by atoms with van der Waals surface area (Å²) in [5, 5.41) is 1.16. The van der Waals surface area contributed by atoms with Gasteiger partial charge < -0.3 is 9.15 Å². The summed E-state index contributed by atoms with van der Waals surface area (Å²) in [6.07, 6.45) is 5.68. The van der Waals surface area contributed by atoms with Crippen molar-refractivity contribution in [2.45, 2.75) is 40.5 Å². The Kier molecular flexibility index (Phi) is 5.50. The average molecular weight is 362 g/mol. The molecule has 27 heavy (non-hydrogen) atoms. The minimum absolute atomic E-state index is 0.0279. The van der Waals surface area contributed by atoms with E-state index in [1.807, 2.05) is 30.3 Å². The molecule has 0 spiro atoms. The van der Waals surface area contributed by atoms with Crippen molar-refractivity contribution in [3.63, 3.8) is 0 Å². The first-order chi connectivity index (χ1) is 12.9. The van der Waals surface area contributed by atoms with Crippen LogP contribution in [0.4, 0.5) is 0 Å². The Morgan fingerprint density at radius 2 is 1.52 bits per heavy atom. The van der Waals surface area contributed by atoms with Crippen molar-refractivity contribution in [3.8, 4) is 5.75 Å². The van der Waals surface area contributed by atoms with Gasteiger partial charge in [0.15, 0.2) is 0 Å². The molecule has 0 fully saturated rings. The molecule has 0 saturated heterocycles. The molecule has 0 radical (unpaired) electrons. The first-order valence-electron chi connectivity index (χ1n) is 9.23. The van der Waals surface area contributed by atoms with Gasteiger partial charge in [0.05, 0.1) is 12.5 Å². The van der Waals surface area contributed by atoms with Crippen LogP contribution in [0.25, 0.3) is 21.9 Å². The van der Waals surface area contributed by atoms with Gasteiger partial charge in [-0.05, 0) is 63.8 Å². The molecular formula is C24H26O3. The maximum atomic E-state index is 13.4. The molecule has 0 atom stereocenters. The highest BCUT2D eigenvalue weighted by Gasteiger charge is 2.17. The van der Waals surface area contributed by atoms with Crippen LogP contribution in [-0.2, 0) is 12.8 Å². The summed E-state index contributed by atoms with van der Waals surface area (Å²) < 4.78 is 11.7. The molecule has 0 bridgehead atoms. The van der Waals surface area contributed by atoms with E-state index in [2.05, 4.69) is 39.8 Å². The van der Waals surface area contributed by atoms with Crippen molar-refractivity contribution in [2.75, 3.05) is 7.11 Å². The number of allylic oxidation sites excluding steroid dienone is 4. The molecule has 3 aromatic rings. The Morgan fingerprint density at radius 3 is 2.15 bits per heavy atom. The Labute approximate surface area is 160 Å². The van der Waals surface area contributed by atoms with Gasteiger partial charge in [0.1, 0.15) is 22.3 Å². The molecule has 140 valence electrons. The maximum Gasteiger partial charge on any atom is 0.204 e. The van der Waals surface area contributed by atoms with Crippen LogP contribution in [0.3, 0.4) is 0 Å². The van der Waals surface area contributed by atoms with Gasteiger partial charge in [-0.3, -0.25) is 4.79 Å². The van der Waals surface area contributed by atoms with Gasteiger partial charge in [-0.2, -0.15) is 0 Å². The third-order valence-corrected chi connectivity index (χ3v) is 4.65. The minimum atomic E-state index is -0.0279. The molecule has 0 N–H and O–H groups in total. The van der Waals surface area contributed by atoms with Crippen LogP contribution in [0.15, 0.2) is 62.8 Å². The zero-order valence-corrected chi connectivity index (χ0v) is 16.7. The lowest BCUT2D eigenvalue weighted by Crippen LogP contribution is -2.08. The normalized spacial score (nSPS) is 10.9. The SMILES string of the molecule is COc1c(CC=C(C)C)ccc2oc3cccc(CC=C(C)C)c3c(=O)c12. The van der Waals surface area contributed by atoms with E-state index in [0.717, 1.165) is 17.5 Å². The van der Waals surface area contributed by atoms with E-state index in [1.165, 1.54) is 11.1 Å². The second-order valence-corrected chi connectivity index (χ2v) is 7.32. The molecule has 0 unspecified atom stereocenters. The van der Waals surface area contributed by atoms with E-state index < -0.39 is 0 Å². The van der Waals surface area contributed by atoms with Gasteiger partial charge in [0.2, 0.25) is 5.43 Å². The summed E-state index contributed by atoms with van der Waals surface area (Å²) in [5.41, 5.74) is 5.56. The maximum absolute atomic E-state index is 13.4. The van der Waals surface area contributed by atoms with Crippen LogP contribution in [0.1, 0.15) is 38.8 Å². The zero-order valence-electron chi connectivity index (χ0n) is 16.7. The molecule has 0 saturated carbocycles. The summed E-state index contributed by atoms with van der Waals surface area (Å²) >= 11 is 0. The van der Waals surface area contributed by atoms with Crippen LogP contribution in [-0.4, -0.2) is 7.11 Å². The fourth-order valence-corrected chi connectivity index (χ4v) is 3.26. The van der Waals surface area contributed by atoms with Crippen LogP contribution >= 0.6 is 0 Å². The lowest BCUT2D eigenvalue weighted by atomic mass is 10.0. The number of hydrogen-bond acceptors (Lipinski definition) is 3. The molecule has 0 aliphatic heterocycles. The Hall–Kier alpha value is -2.81. The standard InChI is InChI=1S/C24H26O3/c1-15(2)9-11-17-7-6-8-19-21(17)23(25)22-20(27-19)14-13-18(24(22)26-5)12-10-16(3)4/h6-10,13-14H,11-12H2,1-5H3. The molecule has 3 rings (SSSR count). The van der Waals surface area contributed by atoms with Gasteiger partial charge in [-0.1, -0.05) is 41.5 Å². The largest absolute Gasteiger partial charge is 0.496 e. The highest BCUT2D eigenvalue weighted by molar-refractivity contribution is 5.95. The molecule has 0 amide bonds. The molecule has 0 aliphatic rings. The monoisotopic (exact) mass is 362 g/mol. The molecule has 0 aliphatic carbocycles. The van der Waals surface area contributed by atoms with Gasteiger partial charge in [0, 0.05) is 0 Å². The highest BCUT2D eigenvalue weighted by Crippen LogP contribution is 2.31. The average Bonchev–Trinajstić information content (AvgIpc) is 2.64. The predicted octanol–water partition coefficient (Wildman–Crippen LogP) is 5.97. The van der Waals surface area contributed by atoms with Crippen molar-refractivity contribution in [2.24, 2.45) is 0 Å². The molecule has 3 heteroatoms. The van der Waals surface area contributed by atoms with Crippen molar-refractivity contribution in [1.29, 1.82) is 0 Å². The molecule has 1 heterocycles. The van der Waals surface area contributed by atoms with Crippen molar-refractivity contribution < 1.29 is 9.15 Å². The third kappa shape index (κ3) is 3.82. The Bertz CT molecular complexity index is 1110. The molecule has 1 aromatic heterocycles. The lowest BCUT2D eigenvalue weighted by molar-refractivity contribution is 0.415. The number of ether oxygens (including phenoxy) is 1. The predicted molar refractivity (Wildman–Crippen MR) is 113 cm³/mol. The summed E-state index contributed by atoms with van der Waals surface area (Å²) in [6, 6.07) is 9.62. The topological polar surface area (TPSA) is 39.4 Å². The lowest BCUT2D eigenvalue weighted by Gasteiger charge is -2.12. The van der Waals surface area contributed by atoms with E-state index >= 15 is 0 Å². The fourth-order valence-electron chi connectivity index (χ4n) is 3.26. The van der Waals surface area contributed by atoms with Gasteiger partial charge in [-0.15, -0.1) is 0 Å². The number of hydrogen-bond donors (Lipinski definition) is 0. The van der Waals surface area contributed by atoms with E-state index in [4.69, 9.17) is 9.15 Å². The van der Waals surface area contributed by atoms with Crippen LogP contribution < -0.4 is 10.2 Å². The van der Waals surface area contributed by atoms with Crippen LogP contribution in [0.2, 0.25) is 0 Å². The van der Waals surface area contributed by atoms with Gasteiger partial charge in [-0.25, -0.2) is 0 Å². The van der Waals surface area contributed by atoms with E-state index in [0.29, 0.717) is 34.1 Å². The first kappa shape index (κ1) is 19.0. The summed E-state index contributed by atoms with van der Waals surface area (Å²) in [4.78, 5) is 13.4. The van der Waals surface area contributed by atoms with E-state index in [-0.39, 0.29) is 5.43 Å². The quantitative estimate of drug-likeness (QED) is 0.414. The minimum Gasteiger partial charge on any atom is -0.496 e. The second-order valence-electron chi connectivity index (χ2n) is 7.32.